The largest absolute Gasteiger partial charge is 0.472 e. The van der Waals surface area contributed by atoms with E-state index in [1.807, 2.05) is 0 Å². The number of hydrogen-bond acceptors (Lipinski definition) is 15. The maximum Gasteiger partial charge on any atom is 0.472 e. The number of carbonyl (C=O) groups excluding carboxylic acids is 4. The molecule has 0 aliphatic carbocycles. The molecule has 17 nitrogen and oxygen atoms in total. The fourth-order valence-corrected chi connectivity index (χ4v) is 14.5. The molecular weight excluding hydrogens is 1340 g/mol. The van der Waals surface area contributed by atoms with Gasteiger partial charge in [0.05, 0.1) is 26.4 Å². The van der Waals surface area contributed by atoms with Gasteiger partial charge in [0.1, 0.15) is 19.3 Å². The van der Waals surface area contributed by atoms with E-state index in [4.69, 9.17) is 37.0 Å². The van der Waals surface area contributed by atoms with Gasteiger partial charge in [-0.25, -0.2) is 9.13 Å². The van der Waals surface area contributed by atoms with Crippen molar-refractivity contribution in [3.63, 3.8) is 0 Å². The first-order valence-electron chi connectivity index (χ1n) is 43.2. The molecule has 0 aromatic rings. The number of ether oxygens (including phenoxy) is 4. The highest BCUT2D eigenvalue weighted by atomic mass is 31.2. The molecule has 0 saturated carbocycles. The van der Waals surface area contributed by atoms with Crippen molar-refractivity contribution in [2.24, 2.45) is 23.7 Å². The fourth-order valence-electron chi connectivity index (χ4n) is 12.9. The quantitative estimate of drug-likeness (QED) is 0.0222. The van der Waals surface area contributed by atoms with Crippen molar-refractivity contribution in [2.75, 3.05) is 39.6 Å². The van der Waals surface area contributed by atoms with E-state index in [9.17, 15) is 43.2 Å². The Morgan fingerprint density at radius 1 is 0.272 bits per heavy atom. The highest BCUT2D eigenvalue weighted by Crippen LogP contribution is 2.45. The molecule has 0 fully saturated rings. The average Bonchev–Trinajstić information content (AvgIpc) is 0.910. The molecule has 0 amide bonds. The summed E-state index contributed by atoms with van der Waals surface area (Å²) in [4.78, 5) is 73.2. The molecule has 6 atom stereocenters. The number of aliphatic hydroxyl groups excluding tert-OH is 1. The zero-order valence-corrected chi connectivity index (χ0v) is 69.7. The second-order valence-electron chi connectivity index (χ2n) is 31.9. The van der Waals surface area contributed by atoms with Gasteiger partial charge in [-0.2, -0.15) is 0 Å². The van der Waals surface area contributed by atoms with Gasteiger partial charge in [0.25, 0.3) is 0 Å². The summed E-state index contributed by atoms with van der Waals surface area (Å²) in [7, 11) is -9.93. The van der Waals surface area contributed by atoms with Crippen LogP contribution in [-0.2, 0) is 65.4 Å². The summed E-state index contributed by atoms with van der Waals surface area (Å²) in [5.41, 5.74) is 0. The van der Waals surface area contributed by atoms with Crippen LogP contribution in [0.3, 0.4) is 0 Å². The molecule has 0 aliphatic heterocycles. The zero-order chi connectivity index (χ0) is 76.0. The Kier molecular flexibility index (Phi) is 71.5. The summed E-state index contributed by atoms with van der Waals surface area (Å²) in [6, 6.07) is 0. The van der Waals surface area contributed by atoms with Crippen LogP contribution in [0.2, 0.25) is 0 Å². The Bertz CT molecular complexity index is 2010. The number of phosphoric ester groups is 2. The maximum atomic E-state index is 13.1. The summed E-state index contributed by atoms with van der Waals surface area (Å²) < 4.78 is 68.8. The van der Waals surface area contributed by atoms with Gasteiger partial charge in [0.2, 0.25) is 0 Å². The van der Waals surface area contributed by atoms with Gasteiger partial charge in [-0.3, -0.25) is 37.3 Å². The lowest BCUT2D eigenvalue weighted by Gasteiger charge is -2.21. The van der Waals surface area contributed by atoms with Gasteiger partial charge in [-0.1, -0.05) is 383 Å². The number of carbonyl (C=O) groups is 4. The highest BCUT2D eigenvalue weighted by molar-refractivity contribution is 7.47. The third kappa shape index (κ3) is 76.6. The second-order valence-corrected chi connectivity index (χ2v) is 34.8. The fraction of sp³-hybridized carbons (Fsp3) is 0.952. The van der Waals surface area contributed by atoms with E-state index in [1.165, 1.54) is 238 Å². The lowest BCUT2D eigenvalue weighted by molar-refractivity contribution is -0.161. The molecular formula is C84H164O17P2. The van der Waals surface area contributed by atoms with Gasteiger partial charge < -0.3 is 33.8 Å². The maximum absolute atomic E-state index is 13.1. The summed E-state index contributed by atoms with van der Waals surface area (Å²) in [5, 5.41) is 10.7. The first-order valence-corrected chi connectivity index (χ1v) is 46.2. The van der Waals surface area contributed by atoms with Gasteiger partial charge in [0, 0.05) is 25.7 Å². The molecule has 0 aromatic heterocycles. The molecule has 103 heavy (non-hydrogen) atoms. The van der Waals surface area contributed by atoms with Crippen LogP contribution in [0, 0.1) is 23.7 Å². The zero-order valence-electron chi connectivity index (χ0n) is 68.0. The van der Waals surface area contributed by atoms with E-state index in [0.717, 1.165) is 114 Å². The molecule has 0 heterocycles. The van der Waals surface area contributed by atoms with Crippen LogP contribution >= 0.6 is 15.6 Å². The van der Waals surface area contributed by atoms with Crippen molar-refractivity contribution < 1.29 is 80.2 Å². The second kappa shape index (κ2) is 72.9. The van der Waals surface area contributed by atoms with Crippen LogP contribution in [-0.4, -0.2) is 96.7 Å². The summed E-state index contributed by atoms with van der Waals surface area (Å²) in [5.74, 6) is 1.05. The lowest BCUT2D eigenvalue weighted by Crippen LogP contribution is -2.30. The molecule has 3 N–H and O–H groups in total. The number of esters is 4. The number of unbranched alkanes of at least 4 members (excludes halogenated alkanes) is 46. The minimum atomic E-state index is -4.97. The van der Waals surface area contributed by atoms with Crippen molar-refractivity contribution in [3.8, 4) is 0 Å². The molecule has 0 spiro atoms. The van der Waals surface area contributed by atoms with Crippen molar-refractivity contribution in [1.82, 2.24) is 0 Å². The third-order valence-corrected chi connectivity index (χ3v) is 21.8. The van der Waals surface area contributed by atoms with Gasteiger partial charge in [-0.05, 0) is 49.4 Å². The van der Waals surface area contributed by atoms with E-state index in [-0.39, 0.29) is 25.7 Å². The van der Waals surface area contributed by atoms with Crippen LogP contribution < -0.4 is 0 Å². The smallest absolute Gasteiger partial charge is 0.462 e. The van der Waals surface area contributed by atoms with Crippen molar-refractivity contribution in [3.05, 3.63) is 0 Å². The van der Waals surface area contributed by atoms with Gasteiger partial charge in [-0.15, -0.1) is 0 Å². The van der Waals surface area contributed by atoms with E-state index in [2.05, 4.69) is 55.4 Å². The van der Waals surface area contributed by atoms with Crippen LogP contribution in [0.1, 0.15) is 434 Å². The molecule has 0 aromatic carbocycles. The topological polar surface area (TPSA) is 237 Å². The van der Waals surface area contributed by atoms with Crippen molar-refractivity contribution >= 4 is 39.5 Å². The van der Waals surface area contributed by atoms with Crippen LogP contribution in [0.25, 0.3) is 0 Å². The van der Waals surface area contributed by atoms with E-state index >= 15 is 0 Å². The minimum Gasteiger partial charge on any atom is -0.462 e. The van der Waals surface area contributed by atoms with Crippen molar-refractivity contribution in [2.45, 2.75) is 453 Å². The lowest BCUT2D eigenvalue weighted by atomic mass is 9.99. The van der Waals surface area contributed by atoms with Gasteiger partial charge in [0.15, 0.2) is 12.2 Å². The number of phosphoric acid groups is 2. The predicted octanol–water partition coefficient (Wildman–Crippen LogP) is 25.2. The normalized spacial score (nSPS) is 14.2. The monoisotopic (exact) mass is 1510 g/mol. The Labute approximate surface area is 632 Å². The molecule has 0 rings (SSSR count). The molecule has 0 aliphatic rings. The molecule has 3 unspecified atom stereocenters. The van der Waals surface area contributed by atoms with Crippen LogP contribution in [0.4, 0.5) is 0 Å². The van der Waals surface area contributed by atoms with Crippen LogP contribution in [0.5, 0.6) is 0 Å². The molecule has 612 valence electrons. The number of hydrogen-bond donors (Lipinski definition) is 3. The predicted molar refractivity (Wildman–Crippen MR) is 423 cm³/mol. The van der Waals surface area contributed by atoms with E-state index < -0.39 is 97.5 Å². The average molecular weight is 1510 g/mol. The molecule has 19 heteroatoms. The summed E-state index contributed by atoms with van der Waals surface area (Å²) >= 11 is 0. The molecule has 0 bridgehead atoms. The third-order valence-electron chi connectivity index (χ3n) is 19.9. The SMILES string of the molecule is CCC(C)CCCCCCCCCCCCC(=O)O[C@H](COC(=O)CCCCCCCCCCCC(C)C)COP(=O)(O)OC[C@H](O)COP(=O)(O)OC[C@@H](COC(=O)CCCCCCCCCCCCCCCC(C)C)OC(=O)CCCCCCCCCCCCCCCCCCCCC(C)C. The first-order chi connectivity index (χ1) is 49.6. The Morgan fingerprint density at radius 3 is 0.689 bits per heavy atom. The van der Waals surface area contributed by atoms with E-state index in [0.29, 0.717) is 25.7 Å². The highest BCUT2D eigenvalue weighted by Gasteiger charge is 2.30. The van der Waals surface area contributed by atoms with Crippen molar-refractivity contribution in [1.29, 1.82) is 0 Å². The van der Waals surface area contributed by atoms with Crippen LogP contribution in [0.15, 0.2) is 0 Å². The standard InChI is InChI=1S/C84H164O17P2/c1-9-77(8)63-55-47-39-31-25-26-34-43-51-59-67-84(89)101-80(71-95-82(87)65-57-49-41-35-27-30-38-46-54-62-76(6)7)73-99-103(92,93)97-69-78(85)68-96-102(90,91)98-72-79(70-94-81(86)64-56-48-40-32-23-20-16-18-22-29-37-45-53-61-75(4)5)100-83(88)66-58-50-42-33-24-19-15-13-11-10-12-14-17-21-28-36-44-52-60-74(2)3/h74-80,85H,9-73H2,1-8H3,(H,90,91)(H,92,93)/t77?,78-,79-,80-/m1/s1. The number of rotatable bonds is 81. The summed E-state index contributed by atoms with van der Waals surface area (Å²) in [6.07, 6.45) is 61.0. The Hall–Kier alpha value is -1.94. The first kappa shape index (κ1) is 101. The minimum absolute atomic E-state index is 0.106. The Balaban J connectivity index is 5.25. The van der Waals surface area contributed by atoms with E-state index in [1.54, 1.807) is 0 Å². The number of aliphatic hydroxyl groups is 1. The summed E-state index contributed by atoms with van der Waals surface area (Å²) in [6.45, 7) is 14.3. The molecule has 0 radical (unpaired) electrons. The van der Waals surface area contributed by atoms with Gasteiger partial charge >= 0.3 is 39.5 Å². The molecule has 0 saturated heterocycles. The Morgan fingerprint density at radius 2 is 0.466 bits per heavy atom.